The van der Waals surface area contributed by atoms with Crippen LogP contribution in [-0.4, -0.2) is 29.3 Å². The second-order valence-corrected chi connectivity index (χ2v) is 5.36. The van der Waals surface area contributed by atoms with Gasteiger partial charge in [0.05, 0.1) is 16.3 Å². The molecule has 0 spiro atoms. The van der Waals surface area contributed by atoms with E-state index in [0.717, 1.165) is 34.7 Å². The van der Waals surface area contributed by atoms with E-state index in [1.807, 2.05) is 0 Å². The Bertz CT molecular complexity index is 542. The van der Waals surface area contributed by atoms with Crippen LogP contribution in [-0.2, 0) is 0 Å². The highest BCUT2D eigenvalue weighted by molar-refractivity contribution is 7.22. The first-order valence-electron chi connectivity index (χ1n) is 5.71. The van der Waals surface area contributed by atoms with E-state index in [0.29, 0.717) is 6.54 Å². The molecule has 1 aromatic heterocycles. The lowest BCUT2D eigenvalue weighted by Gasteiger charge is -2.29. The molecule has 0 saturated carbocycles. The summed E-state index contributed by atoms with van der Waals surface area (Å²) in [6, 6.07) is 4.64. The number of benzene rings is 1. The Balaban J connectivity index is 1.94. The van der Waals surface area contributed by atoms with Crippen molar-refractivity contribution in [3.05, 3.63) is 24.0 Å². The van der Waals surface area contributed by atoms with Crippen LogP contribution in [0, 0.1) is 5.82 Å². The van der Waals surface area contributed by atoms with Crippen molar-refractivity contribution in [2.75, 3.05) is 18.0 Å². The van der Waals surface area contributed by atoms with Gasteiger partial charge in [-0.25, -0.2) is 9.37 Å². The van der Waals surface area contributed by atoms with Gasteiger partial charge in [-0.1, -0.05) is 11.3 Å². The lowest BCUT2D eigenvalue weighted by molar-refractivity contribution is 0.154. The first-order valence-corrected chi connectivity index (χ1v) is 6.53. The molecule has 2 aromatic rings. The van der Waals surface area contributed by atoms with Crippen molar-refractivity contribution in [2.24, 2.45) is 0 Å². The lowest BCUT2D eigenvalue weighted by atomic mass is 10.1. The number of aliphatic hydroxyl groups is 1. The van der Waals surface area contributed by atoms with Gasteiger partial charge in [0.1, 0.15) is 5.82 Å². The van der Waals surface area contributed by atoms with Gasteiger partial charge < -0.3 is 10.0 Å². The van der Waals surface area contributed by atoms with Gasteiger partial charge in [0.2, 0.25) is 0 Å². The van der Waals surface area contributed by atoms with Crippen LogP contribution in [0.4, 0.5) is 9.52 Å². The Kier molecular flexibility index (Phi) is 2.72. The molecule has 5 heteroatoms. The maximum atomic E-state index is 13.1. The van der Waals surface area contributed by atoms with E-state index >= 15 is 0 Å². The van der Waals surface area contributed by atoms with Crippen LogP contribution in [0.5, 0.6) is 0 Å². The summed E-state index contributed by atoms with van der Waals surface area (Å²) < 4.78 is 13.9. The minimum Gasteiger partial charge on any atom is -0.391 e. The van der Waals surface area contributed by atoms with E-state index in [4.69, 9.17) is 0 Å². The minimum absolute atomic E-state index is 0.230. The van der Waals surface area contributed by atoms with Crippen LogP contribution in [0.2, 0.25) is 0 Å². The number of anilines is 1. The van der Waals surface area contributed by atoms with E-state index in [2.05, 4.69) is 9.88 Å². The van der Waals surface area contributed by atoms with E-state index in [9.17, 15) is 9.50 Å². The number of aromatic nitrogens is 1. The molecule has 1 fully saturated rings. The number of thiazole rings is 1. The van der Waals surface area contributed by atoms with Crippen molar-refractivity contribution in [2.45, 2.75) is 18.9 Å². The largest absolute Gasteiger partial charge is 0.391 e. The molecule has 0 aliphatic carbocycles. The predicted molar refractivity (Wildman–Crippen MR) is 67.0 cm³/mol. The lowest BCUT2D eigenvalue weighted by Crippen LogP contribution is -2.38. The number of halogens is 1. The van der Waals surface area contributed by atoms with Crippen LogP contribution in [0.25, 0.3) is 10.2 Å². The maximum Gasteiger partial charge on any atom is 0.186 e. The van der Waals surface area contributed by atoms with Gasteiger partial charge in [-0.3, -0.25) is 0 Å². The Morgan fingerprint density at radius 3 is 3.18 bits per heavy atom. The first-order chi connectivity index (χ1) is 8.22. The fraction of sp³-hybridized carbons (Fsp3) is 0.417. The van der Waals surface area contributed by atoms with Crippen molar-refractivity contribution < 1.29 is 9.50 Å². The van der Waals surface area contributed by atoms with E-state index in [-0.39, 0.29) is 11.9 Å². The predicted octanol–water partition coefficient (Wildman–Crippen LogP) is 2.40. The number of aliphatic hydroxyl groups excluding tert-OH is 1. The molecule has 1 aliphatic heterocycles. The van der Waals surface area contributed by atoms with Gasteiger partial charge in [0.25, 0.3) is 0 Å². The summed E-state index contributed by atoms with van der Waals surface area (Å²) in [5, 5.41) is 10.5. The highest BCUT2D eigenvalue weighted by atomic mass is 32.1. The van der Waals surface area contributed by atoms with Crippen LogP contribution >= 0.6 is 11.3 Å². The summed E-state index contributed by atoms with van der Waals surface area (Å²) >= 11 is 1.48. The molecule has 0 radical (unpaired) electrons. The summed E-state index contributed by atoms with van der Waals surface area (Å²) in [6.07, 6.45) is 1.56. The molecule has 1 atom stereocenters. The Morgan fingerprint density at radius 2 is 2.35 bits per heavy atom. The third-order valence-corrected chi connectivity index (χ3v) is 4.09. The zero-order valence-corrected chi connectivity index (χ0v) is 10.1. The van der Waals surface area contributed by atoms with Crippen LogP contribution < -0.4 is 4.90 Å². The second kappa shape index (κ2) is 4.23. The zero-order chi connectivity index (χ0) is 11.8. The highest BCUT2D eigenvalue weighted by Crippen LogP contribution is 2.30. The number of nitrogens with zero attached hydrogens (tertiary/aromatic N) is 2. The summed E-state index contributed by atoms with van der Waals surface area (Å²) in [5.41, 5.74) is 0.825. The molecule has 1 saturated heterocycles. The third kappa shape index (κ3) is 2.12. The summed E-state index contributed by atoms with van der Waals surface area (Å²) in [4.78, 5) is 6.56. The van der Waals surface area contributed by atoms with Gasteiger partial charge in [-0.05, 0) is 31.0 Å². The monoisotopic (exact) mass is 252 g/mol. The molecule has 90 valence electrons. The molecule has 0 unspecified atom stereocenters. The van der Waals surface area contributed by atoms with Crippen molar-refractivity contribution in [1.82, 2.24) is 4.98 Å². The standard InChI is InChI=1S/C12H13FN2OS/c13-8-3-4-10-11(6-8)17-12(14-10)15-5-1-2-9(16)7-15/h3-4,6,9,16H,1-2,5,7H2/t9-/m1/s1. The van der Waals surface area contributed by atoms with Crippen molar-refractivity contribution >= 4 is 26.7 Å². The number of fused-ring (bicyclic) bond motifs is 1. The molecule has 17 heavy (non-hydrogen) atoms. The van der Waals surface area contributed by atoms with Crippen LogP contribution in [0.1, 0.15) is 12.8 Å². The summed E-state index contributed by atoms with van der Waals surface area (Å²) in [5.74, 6) is -0.230. The van der Waals surface area contributed by atoms with E-state index in [1.54, 1.807) is 6.07 Å². The van der Waals surface area contributed by atoms with Crippen molar-refractivity contribution in [3.8, 4) is 0 Å². The fourth-order valence-electron chi connectivity index (χ4n) is 2.15. The number of rotatable bonds is 1. The van der Waals surface area contributed by atoms with Gasteiger partial charge >= 0.3 is 0 Å². The summed E-state index contributed by atoms with van der Waals surface area (Å²) in [6.45, 7) is 1.54. The second-order valence-electron chi connectivity index (χ2n) is 4.35. The van der Waals surface area contributed by atoms with E-state index < -0.39 is 0 Å². The SMILES string of the molecule is O[C@@H]1CCCN(c2nc3ccc(F)cc3s2)C1. The molecule has 2 heterocycles. The third-order valence-electron chi connectivity index (χ3n) is 3.01. The summed E-state index contributed by atoms with van der Waals surface area (Å²) in [7, 11) is 0. The molecular weight excluding hydrogens is 239 g/mol. The molecule has 1 aromatic carbocycles. The molecule has 0 amide bonds. The average Bonchev–Trinajstić information content (AvgIpc) is 2.72. The molecule has 0 bridgehead atoms. The first kappa shape index (κ1) is 10.9. The zero-order valence-electron chi connectivity index (χ0n) is 9.27. The number of piperidine rings is 1. The Hall–Kier alpha value is -1.20. The van der Waals surface area contributed by atoms with Gasteiger partial charge in [0.15, 0.2) is 5.13 Å². The Labute approximate surface area is 103 Å². The topological polar surface area (TPSA) is 36.4 Å². The van der Waals surface area contributed by atoms with Crippen molar-refractivity contribution in [3.63, 3.8) is 0 Å². The number of hydrogen-bond acceptors (Lipinski definition) is 4. The number of hydrogen-bond donors (Lipinski definition) is 1. The highest BCUT2D eigenvalue weighted by Gasteiger charge is 2.20. The quantitative estimate of drug-likeness (QED) is 0.846. The van der Waals surface area contributed by atoms with Gasteiger partial charge in [-0.15, -0.1) is 0 Å². The van der Waals surface area contributed by atoms with Gasteiger partial charge in [-0.2, -0.15) is 0 Å². The molecule has 3 nitrogen and oxygen atoms in total. The van der Waals surface area contributed by atoms with E-state index in [1.165, 1.54) is 23.5 Å². The normalized spacial score (nSPS) is 21.1. The minimum atomic E-state index is -0.271. The molecule has 1 N–H and O–H groups in total. The smallest absolute Gasteiger partial charge is 0.186 e. The van der Waals surface area contributed by atoms with Crippen LogP contribution in [0.15, 0.2) is 18.2 Å². The van der Waals surface area contributed by atoms with Crippen molar-refractivity contribution in [1.29, 1.82) is 0 Å². The molecule has 1 aliphatic rings. The molecule has 3 rings (SSSR count). The van der Waals surface area contributed by atoms with Crippen LogP contribution in [0.3, 0.4) is 0 Å². The number of β-amino-alcohol motifs (C(OH)–C–C–N with tert-alkyl or cyclic N) is 1. The van der Waals surface area contributed by atoms with Gasteiger partial charge in [0, 0.05) is 13.1 Å². The molecular formula is C12H13FN2OS. The average molecular weight is 252 g/mol. The fourth-order valence-corrected chi connectivity index (χ4v) is 3.18. The Morgan fingerprint density at radius 1 is 1.47 bits per heavy atom. The maximum absolute atomic E-state index is 13.1.